The molecular formula is C21H16N2O4S. The van der Waals surface area contributed by atoms with E-state index in [1.54, 1.807) is 29.5 Å². The number of fused-ring (bicyclic) bond motifs is 1. The monoisotopic (exact) mass is 392 g/mol. The highest BCUT2D eigenvalue weighted by atomic mass is 32.1. The predicted molar refractivity (Wildman–Crippen MR) is 106 cm³/mol. The first-order valence-corrected chi connectivity index (χ1v) is 9.37. The molecule has 0 saturated heterocycles. The van der Waals surface area contributed by atoms with E-state index in [9.17, 15) is 9.59 Å². The molecule has 0 aliphatic carbocycles. The Hall–Kier alpha value is -3.45. The SMILES string of the molecule is COC(=O)c1cccc(C(=O)NCc2ccc(-c3nc4ccccc4s3)o2)c1. The normalized spacial score (nSPS) is 10.8. The van der Waals surface area contributed by atoms with Gasteiger partial charge >= 0.3 is 5.97 Å². The van der Waals surface area contributed by atoms with Crippen LogP contribution in [0.2, 0.25) is 0 Å². The molecule has 0 fully saturated rings. The van der Waals surface area contributed by atoms with E-state index in [-0.39, 0.29) is 12.5 Å². The van der Waals surface area contributed by atoms with Crippen molar-refractivity contribution < 1.29 is 18.7 Å². The second-order valence-corrected chi connectivity index (χ2v) is 7.04. The maximum atomic E-state index is 12.4. The number of rotatable bonds is 5. The molecule has 6 nitrogen and oxygen atoms in total. The Labute approximate surface area is 164 Å². The topological polar surface area (TPSA) is 81.4 Å². The fourth-order valence-electron chi connectivity index (χ4n) is 2.74. The number of thiazole rings is 1. The second kappa shape index (κ2) is 7.66. The summed E-state index contributed by atoms with van der Waals surface area (Å²) in [5, 5.41) is 3.58. The number of para-hydroxylation sites is 1. The highest BCUT2D eigenvalue weighted by Crippen LogP contribution is 2.31. The van der Waals surface area contributed by atoms with Gasteiger partial charge in [-0.3, -0.25) is 4.79 Å². The van der Waals surface area contributed by atoms with Crippen LogP contribution in [-0.4, -0.2) is 24.0 Å². The zero-order valence-corrected chi connectivity index (χ0v) is 15.8. The number of furan rings is 1. The fraction of sp³-hybridized carbons (Fsp3) is 0.0952. The predicted octanol–water partition coefficient (Wildman–Crippen LogP) is 4.27. The highest BCUT2D eigenvalue weighted by molar-refractivity contribution is 7.21. The largest absolute Gasteiger partial charge is 0.465 e. The molecule has 28 heavy (non-hydrogen) atoms. The molecule has 4 rings (SSSR count). The van der Waals surface area contributed by atoms with E-state index in [1.165, 1.54) is 13.2 Å². The number of carbonyl (C=O) groups excluding carboxylic acids is 2. The van der Waals surface area contributed by atoms with E-state index in [0.29, 0.717) is 22.6 Å². The minimum atomic E-state index is -0.485. The van der Waals surface area contributed by atoms with E-state index in [0.717, 1.165) is 15.2 Å². The van der Waals surface area contributed by atoms with Crippen molar-refractivity contribution in [2.24, 2.45) is 0 Å². The Bertz CT molecular complexity index is 1130. The number of esters is 1. The number of ether oxygens (including phenoxy) is 1. The van der Waals surface area contributed by atoms with Crippen LogP contribution in [0.15, 0.2) is 65.1 Å². The lowest BCUT2D eigenvalue weighted by Gasteiger charge is -2.05. The highest BCUT2D eigenvalue weighted by Gasteiger charge is 2.13. The van der Waals surface area contributed by atoms with Gasteiger partial charge in [0.2, 0.25) is 0 Å². The molecule has 1 N–H and O–H groups in total. The van der Waals surface area contributed by atoms with Crippen LogP contribution >= 0.6 is 11.3 Å². The number of amides is 1. The van der Waals surface area contributed by atoms with Crippen molar-refractivity contribution >= 4 is 33.4 Å². The van der Waals surface area contributed by atoms with Crippen LogP contribution in [0.5, 0.6) is 0 Å². The molecule has 0 atom stereocenters. The van der Waals surface area contributed by atoms with Crippen LogP contribution in [0, 0.1) is 0 Å². The third kappa shape index (κ3) is 3.65. The number of hydrogen-bond donors (Lipinski definition) is 1. The number of hydrogen-bond acceptors (Lipinski definition) is 6. The van der Waals surface area contributed by atoms with Gasteiger partial charge in [-0.25, -0.2) is 9.78 Å². The van der Waals surface area contributed by atoms with Gasteiger partial charge in [-0.15, -0.1) is 11.3 Å². The Kier molecular flexibility index (Phi) is 4.90. The lowest BCUT2D eigenvalue weighted by atomic mass is 10.1. The summed E-state index contributed by atoms with van der Waals surface area (Å²) in [7, 11) is 1.30. The maximum Gasteiger partial charge on any atom is 0.337 e. The van der Waals surface area contributed by atoms with Crippen molar-refractivity contribution in [2.45, 2.75) is 6.54 Å². The van der Waals surface area contributed by atoms with E-state index in [1.807, 2.05) is 36.4 Å². The summed E-state index contributed by atoms with van der Waals surface area (Å²) in [4.78, 5) is 28.5. The molecule has 0 bridgehead atoms. The zero-order valence-electron chi connectivity index (χ0n) is 15.0. The van der Waals surface area contributed by atoms with Gasteiger partial charge in [-0.1, -0.05) is 18.2 Å². The summed E-state index contributed by atoms with van der Waals surface area (Å²) in [6, 6.07) is 17.9. The summed E-state index contributed by atoms with van der Waals surface area (Å²) >= 11 is 1.56. The van der Waals surface area contributed by atoms with Gasteiger partial charge in [0.25, 0.3) is 5.91 Å². The number of nitrogens with one attached hydrogen (secondary N) is 1. The van der Waals surface area contributed by atoms with Crippen LogP contribution in [0.1, 0.15) is 26.5 Å². The van der Waals surface area contributed by atoms with Gasteiger partial charge < -0.3 is 14.5 Å². The number of benzene rings is 2. The van der Waals surface area contributed by atoms with Crippen LogP contribution in [-0.2, 0) is 11.3 Å². The van der Waals surface area contributed by atoms with Crippen molar-refractivity contribution in [3.8, 4) is 10.8 Å². The summed E-state index contributed by atoms with van der Waals surface area (Å²) < 4.78 is 11.6. The lowest BCUT2D eigenvalue weighted by Crippen LogP contribution is -2.22. The van der Waals surface area contributed by atoms with Gasteiger partial charge in [-0.2, -0.15) is 0 Å². The molecule has 0 spiro atoms. The van der Waals surface area contributed by atoms with Gasteiger partial charge in [-0.05, 0) is 42.5 Å². The molecule has 0 aliphatic rings. The number of aromatic nitrogens is 1. The fourth-order valence-corrected chi connectivity index (χ4v) is 3.67. The molecule has 1 amide bonds. The third-order valence-electron chi connectivity index (χ3n) is 4.14. The first kappa shape index (κ1) is 17.9. The zero-order chi connectivity index (χ0) is 19.5. The Morgan fingerprint density at radius 3 is 2.71 bits per heavy atom. The summed E-state index contributed by atoms with van der Waals surface area (Å²) in [6.45, 7) is 0.228. The average Bonchev–Trinajstić information content (AvgIpc) is 3.38. The van der Waals surface area contributed by atoms with Crippen LogP contribution in [0.4, 0.5) is 0 Å². The Morgan fingerprint density at radius 1 is 1.07 bits per heavy atom. The summed E-state index contributed by atoms with van der Waals surface area (Å²) in [5.74, 6) is 0.495. The number of methoxy groups -OCH3 is 1. The maximum absolute atomic E-state index is 12.4. The Morgan fingerprint density at radius 2 is 1.89 bits per heavy atom. The first-order valence-electron chi connectivity index (χ1n) is 8.55. The smallest absolute Gasteiger partial charge is 0.337 e. The minimum absolute atomic E-state index is 0.228. The molecule has 140 valence electrons. The number of carbonyl (C=O) groups is 2. The van der Waals surface area contributed by atoms with Crippen LogP contribution < -0.4 is 5.32 Å². The molecule has 0 unspecified atom stereocenters. The third-order valence-corrected chi connectivity index (χ3v) is 5.19. The molecule has 4 aromatic rings. The molecule has 0 aliphatic heterocycles. The summed E-state index contributed by atoms with van der Waals surface area (Å²) in [6.07, 6.45) is 0. The van der Waals surface area contributed by atoms with Gasteiger partial charge in [0, 0.05) is 5.56 Å². The van der Waals surface area contributed by atoms with Crippen molar-refractivity contribution in [2.75, 3.05) is 7.11 Å². The first-order chi connectivity index (χ1) is 13.6. The van der Waals surface area contributed by atoms with Crippen molar-refractivity contribution in [1.29, 1.82) is 0 Å². The average molecular weight is 392 g/mol. The molecular weight excluding hydrogens is 376 g/mol. The molecule has 7 heteroatoms. The molecule has 0 radical (unpaired) electrons. The lowest BCUT2D eigenvalue weighted by molar-refractivity contribution is 0.0600. The van der Waals surface area contributed by atoms with Crippen LogP contribution in [0.3, 0.4) is 0 Å². The van der Waals surface area contributed by atoms with Gasteiger partial charge in [0.15, 0.2) is 10.8 Å². The van der Waals surface area contributed by atoms with Crippen molar-refractivity contribution in [1.82, 2.24) is 10.3 Å². The van der Waals surface area contributed by atoms with Gasteiger partial charge in [0.1, 0.15) is 5.76 Å². The van der Waals surface area contributed by atoms with Gasteiger partial charge in [0.05, 0.1) is 29.4 Å². The van der Waals surface area contributed by atoms with E-state index in [2.05, 4.69) is 15.0 Å². The number of nitrogens with zero attached hydrogens (tertiary/aromatic N) is 1. The van der Waals surface area contributed by atoms with Crippen molar-refractivity contribution in [3.63, 3.8) is 0 Å². The van der Waals surface area contributed by atoms with Crippen molar-refractivity contribution in [3.05, 3.63) is 77.6 Å². The second-order valence-electron chi connectivity index (χ2n) is 6.01. The van der Waals surface area contributed by atoms with E-state index >= 15 is 0 Å². The van der Waals surface area contributed by atoms with E-state index in [4.69, 9.17) is 4.42 Å². The van der Waals surface area contributed by atoms with Crippen LogP contribution in [0.25, 0.3) is 21.0 Å². The molecule has 2 heterocycles. The van der Waals surface area contributed by atoms with E-state index < -0.39 is 5.97 Å². The molecule has 2 aromatic carbocycles. The molecule has 0 saturated carbocycles. The standard InChI is InChI=1S/C21H16N2O4S/c1-26-21(25)14-6-4-5-13(11-14)19(24)22-12-15-9-10-17(27-15)20-23-16-7-2-3-8-18(16)28-20/h2-11H,12H2,1H3,(H,22,24). The summed E-state index contributed by atoms with van der Waals surface area (Å²) in [5.41, 5.74) is 1.63. The molecule has 2 aromatic heterocycles. The Balaban J connectivity index is 1.44. The minimum Gasteiger partial charge on any atom is -0.465 e. The quantitative estimate of drug-likeness (QED) is 0.513.